The van der Waals surface area contributed by atoms with Crippen molar-refractivity contribution in [3.8, 4) is 0 Å². The summed E-state index contributed by atoms with van der Waals surface area (Å²) in [6.45, 7) is 2.66. The van der Waals surface area contributed by atoms with Gasteiger partial charge in [-0.1, -0.05) is 0 Å². The van der Waals surface area contributed by atoms with Gasteiger partial charge in [-0.15, -0.1) is 0 Å². The molecule has 0 fully saturated rings. The largest absolute Gasteiger partial charge is 0.396 e. The molecule has 2 N–H and O–H groups in total. The van der Waals surface area contributed by atoms with E-state index in [1.54, 1.807) is 18.6 Å². The highest BCUT2D eigenvalue weighted by molar-refractivity contribution is 9.10. The number of nitrogen functional groups attached to an aromatic ring is 1. The molecule has 0 aromatic carbocycles. The Kier molecular flexibility index (Phi) is 2.73. The number of nitrogens with zero attached hydrogens (tertiary/aromatic N) is 3. The van der Waals surface area contributed by atoms with Gasteiger partial charge in [-0.3, -0.25) is 9.67 Å². The average Bonchev–Trinajstić information content (AvgIpc) is 2.53. The molecule has 0 aliphatic carbocycles. The van der Waals surface area contributed by atoms with Gasteiger partial charge in [-0.25, -0.2) is 0 Å². The fourth-order valence-electron chi connectivity index (χ4n) is 1.31. The molecule has 0 atom stereocenters. The highest BCUT2D eigenvalue weighted by atomic mass is 79.9. The molecule has 78 valence electrons. The summed E-state index contributed by atoms with van der Waals surface area (Å²) in [6, 6.07) is 1.96. The summed E-state index contributed by atoms with van der Waals surface area (Å²) < 4.78 is 2.86. The molecule has 2 aromatic rings. The number of nitrogens with two attached hydrogens (primary N) is 1. The van der Waals surface area contributed by atoms with Gasteiger partial charge < -0.3 is 5.73 Å². The van der Waals surface area contributed by atoms with Crippen LogP contribution in [-0.4, -0.2) is 14.8 Å². The maximum absolute atomic E-state index is 5.72. The molecule has 0 aliphatic heterocycles. The summed E-state index contributed by atoms with van der Waals surface area (Å²) in [5.74, 6) is 0. The van der Waals surface area contributed by atoms with Gasteiger partial charge in [-0.05, 0) is 34.5 Å². The van der Waals surface area contributed by atoms with E-state index >= 15 is 0 Å². The highest BCUT2D eigenvalue weighted by Crippen LogP contribution is 2.17. The first kappa shape index (κ1) is 10.2. The number of rotatable bonds is 2. The summed E-state index contributed by atoms with van der Waals surface area (Å²) in [4.78, 5) is 4.01. The van der Waals surface area contributed by atoms with Gasteiger partial charge in [-0.2, -0.15) is 5.10 Å². The van der Waals surface area contributed by atoms with E-state index in [0.717, 1.165) is 21.4 Å². The van der Waals surface area contributed by atoms with Crippen LogP contribution < -0.4 is 5.73 Å². The van der Waals surface area contributed by atoms with E-state index in [9.17, 15) is 0 Å². The molecule has 0 saturated carbocycles. The van der Waals surface area contributed by atoms with Crippen molar-refractivity contribution in [3.63, 3.8) is 0 Å². The first-order chi connectivity index (χ1) is 7.18. The van der Waals surface area contributed by atoms with Gasteiger partial charge in [0.25, 0.3) is 0 Å². The van der Waals surface area contributed by atoms with Crippen LogP contribution in [0.3, 0.4) is 0 Å². The predicted molar refractivity (Wildman–Crippen MR) is 62.4 cm³/mol. The molecule has 5 heteroatoms. The molecular formula is C10H11BrN4. The van der Waals surface area contributed by atoms with Crippen LogP contribution in [0.4, 0.5) is 5.69 Å². The van der Waals surface area contributed by atoms with Gasteiger partial charge in [0.05, 0.1) is 24.1 Å². The number of hydrogen-bond acceptors (Lipinski definition) is 3. The monoisotopic (exact) mass is 266 g/mol. The van der Waals surface area contributed by atoms with Crippen molar-refractivity contribution in [2.75, 3.05) is 5.73 Å². The lowest BCUT2D eigenvalue weighted by Gasteiger charge is -2.06. The molecule has 0 spiro atoms. The second-order valence-electron chi connectivity index (χ2n) is 3.31. The Morgan fingerprint density at radius 2 is 2.27 bits per heavy atom. The first-order valence-corrected chi connectivity index (χ1v) is 5.34. The van der Waals surface area contributed by atoms with Crippen molar-refractivity contribution in [3.05, 3.63) is 40.4 Å². The van der Waals surface area contributed by atoms with Gasteiger partial charge in [0.2, 0.25) is 0 Å². The quantitative estimate of drug-likeness (QED) is 0.905. The van der Waals surface area contributed by atoms with E-state index in [2.05, 4.69) is 26.0 Å². The highest BCUT2D eigenvalue weighted by Gasteiger charge is 2.05. The second kappa shape index (κ2) is 4.02. The van der Waals surface area contributed by atoms with Crippen molar-refractivity contribution in [1.29, 1.82) is 0 Å². The molecule has 2 rings (SSSR count). The Labute approximate surface area is 96.3 Å². The van der Waals surface area contributed by atoms with E-state index in [0.29, 0.717) is 6.54 Å². The number of anilines is 1. The number of aromatic nitrogens is 3. The minimum atomic E-state index is 0.701. The lowest BCUT2D eigenvalue weighted by molar-refractivity contribution is 0.663. The average molecular weight is 267 g/mol. The van der Waals surface area contributed by atoms with E-state index in [1.165, 1.54) is 0 Å². The SMILES string of the molecule is Cc1c(N)cnn1Cc1ccncc1Br. The van der Waals surface area contributed by atoms with Crippen LogP contribution in [0, 0.1) is 6.92 Å². The molecule has 0 bridgehead atoms. The van der Waals surface area contributed by atoms with Crippen LogP contribution >= 0.6 is 15.9 Å². The molecule has 0 radical (unpaired) electrons. The smallest absolute Gasteiger partial charge is 0.0730 e. The summed E-state index contributed by atoms with van der Waals surface area (Å²) in [7, 11) is 0. The lowest BCUT2D eigenvalue weighted by atomic mass is 10.2. The van der Waals surface area contributed by atoms with Crippen LogP contribution in [0.1, 0.15) is 11.3 Å². The third kappa shape index (κ3) is 2.02. The van der Waals surface area contributed by atoms with Crippen LogP contribution in [-0.2, 0) is 6.54 Å². The third-order valence-electron chi connectivity index (χ3n) is 2.32. The molecule has 0 saturated heterocycles. The molecule has 2 aromatic heterocycles. The Balaban J connectivity index is 2.30. The van der Waals surface area contributed by atoms with Gasteiger partial charge >= 0.3 is 0 Å². The maximum atomic E-state index is 5.72. The van der Waals surface area contributed by atoms with E-state index in [1.807, 2.05) is 17.7 Å². The molecule has 0 aliphatic rings. The van der Waals surface area contributed by atoms with Gasteiger partial charge in [0, 0.05) is 16.9 Å². The third-order valence-corrected chi connectivity index (χ3v) is 3.03. The minimum Gasteiger partial charge on any atom is -0.396 e. The predicted octanol–water partition coefficient (Wildman–Crippen LogP) is 1.98. The zero-order valence-corrected chi connectivity index (χ0v) is 9.90. The molecule has 0 unspecified atom stereocenters. The summed E-state index contributed by atoms with van der Waals surface area (Å²) in [5.41, 5.74) is 8.57. The fraction of sp³-hybridized carbons (Fsp3) is 0.200. The Morgan fingerprint density at radius 3 is 2.87 bits per heavy atom. The fourth-order valence-corrected chi connectivity index (χ4v) is 1.69. The van der Waals surface area contributed by atoms with E-state index < -0.39 is 0 Å². The topological polar surface area (TPSA) is 56.7 Å². The van der Waals surface area contributed by atoms with Crippen LogP contribution in [0.25, 0.3) is 0 Å². The molecule has 0 amide bonds. The molecule has 15 heavy (non-hydrogen) atoms. The Morgan fingerprint density at radius 1 is 1.47 bits per heavy atom. The first-order valence-electron chi connectivity index (χ1n) is 4.55. The standard InChI is InChI=1S/C10H11BrN4/c1-7-10(12)5-14-15(7)6-8-2-3-13-4-9(8)11/h2-5H,6,12H2,1H3. The molecule has 4 nitrogen and oxygen atoms in total. The van der Waals surface area contributed by atoms with Crippen LogP contribution in [0.15, 0.2) is 29.1 Å². The van der Waals surface area contributed by atoms with Crippen molar-refractivity contribution >= 4 is 21.6 Å². The zero-order valence-electron chi connectivity index (χ0n) is 8.31. The van der Waals surface area contributed by atoms with E-state index in [-0.39, 0.29) is 0 Å². The van der Waals surface area contributed by atoms with Crippen molar-refractivity contribution in [1.82, 2.24) is 14.8 Å². The minimum absolute atomic E-state index is 0.701. The number of pyridine rings is 1. The zero-order chi connectivity index (χ0) is 10.8. The van der Waals surface area contributed by atoms with Crippen molar-refractivity contribution in [2.45, 2.75) is 13.5 Å². The number of halogens is 1. The van der Waals surface area contributed by atoms with Crippen LogP contribution in [0.2, 0.25) is 0 Å². The van der Waals surface area contributed by atoms with Crippen molar-refractivity contribution < 1.29 is 0 Å². The summed E-state index contributed by atoms with van der Waals surface area (Å²) in [6.07, 6.45) is 5.21. The summed E-state index contributed by atoms with van der Waals surface area (Å²) >= 11 is 3.45. The number of hydrogen-bond donors (Lipinski definition) is 1. The van der Waals surface area contributed by atoms with Crippen LogP contribution in [0.5, 0.6) is 0 Å². The van der Waals surface area contributed by atoms with E-state index in [4.69, 9.17) is 5.73 Å². The lowest BCUT2D eigenvalue weighted by Crippen LogP contribution is -2.04. The van der Waals surface area contributed by atoms with Crippen molar-refractivity contribution in [2.24, 2.45) is 0 Å². The Bertz CT molecular complexity index is 478. The van der Waals surface area contributed by atoms with Gasteiger partial charge in [0.15, 0.2) is 0 Å². The second-order valence-corrected chi connectivity index (χ2v) is 4.16. The molecular weight excluding hydrogens is 256 g/mol. The van der Waals surface area contributed by atoms with Gasteiger partial charge in [0.1, 0.15) is 0 Å². The summed E-state index contributed by atoms with van der Waals surface area (Å²) in [5, 5.41) is 4.20. The Hall–Kier alpha value is -1.36. The molecule has 2 heterocycles. The maximum Gasteiger partial charge on any atom is 0.0730 e. The normalized spacial score (nSPS) is 10.5.